The lowest BCUT2D eigenvalue weighted by molar-refractivity contribution is -0.137. The number of hydrogen-bond acceptors (Lipinski definition) is 2. The van der Waals surface area contributed by atoms with E-state index in [4.69, 9.17) is 4.74 Å². The summed E-state index contributed by atoms with van der Waals surface area (Å²) in [6.45, 7) is 1.73. The van der Waals surface area contributed by atoms with E-state index in [0.29, 0.717) is 25.7 Å². The van der Waals surface area contributed by atoms with Crippen molar-refractivity contribution in [2.24, 2.45) is 4.99 Å². The summed E-state index contributed by atoms with van der Waals surface area (Å²) in [5.74, 6) is 0.625. The van der Waals surface area contributed by atoms with Crippen LogP contribution in [0.25, 0.3) is 0 Å². The van der Waals surface area contributed by atoms with Crippen molar-refractivity contribution in [1.82, 2.24) is 10.6 Å². The van der Waals surface area contributed by atoms with E-state index in [-0.39, 0.29) is 29.4 Å². The second-order valence-electron chi connectivity index (χ2n) is 5.70. The minimum absolute atomic E-state index is 0. The van der Waals surface area contributed by atoms with Crippen molar-refractivity contribution < 1.29 is 17.9 Å². The molecule has 2 rings (SSSR count). The summed E-state index contributed by atoms with van der Waals surface area (Å²) >= 11 is 0. The summed E-state index contributed by atoms with van der Waals surface area (Å²) < 4.78 is 43.5. The molecule has 1 aliphatic rings. The van der Waals surface area contributed by atoms with Crippen LogP contribution < -0.4 is 10.6 Å². The first-order chi connectivity index (χ1) is 10.9. The SMILES string of the molecule is CN=C(NCCOC)NCC1(c2cccc(C(F)(F)F)c2)CC1.I. The van der Waals surface area contributed by atoms with Gasteiger partial charge in [-0.15, -0.1) is 24.0 Å². The minimum Gasteiger partial charge on any atom is -0.383 e. The average molecular weight is 457 g/mol. The summed E-state index contributed by atoms with van der Waals surface area (Å²) in [5, 5.41) is 6.28. The monoisotopic (exact) mass is 457 g/mol. The van der Waals surface area contributed by atoms with Crippen molar-refractivity contribution >= 4 is 29.9 Å². The lowest BCUT2D eigenvalue weighted by Gasteiger charge is -2.20. The topological polar surface area (TPSA) is 45.7 Å². The molecule has 1 aromatic rings. The van der Waals surface area contributed by atoms with E-state index < -0.39 is 11.7 Å². The Morgan fingerprint density at radius 3 is 2.54 bits per heavy atom. The maximum absolute atomic E-state index is 12.9. The first-order valence-electron chi connectivity index (χ1n) is 7.52. The van der Waals surface area contributed by atoms with Crippen LogP contribution in [-0.4, -0.2) is 39.8 Å². The summed E-state index contributed by atoms with van der Waals surface area (Å²) in [4.78, 5) is 4.10. The normalized spacial score (nSPS) is 16.3. The molecule has 24 heavy (non-hydrogen) atoms. The van der Waals surface area contributed by atoms with Crippen LogP contribution in [-0.2, 0) is 16.3 Å². The third kappa shape index (κ3) is 5.51. The van der Waals surface area contributed by atoms with Crippen LogP contribution in [0.3, 0.4) is 0 Å². The Kier molecular flexibility index (Phi) is 7.78. The maximum atomic E-state index is 12.9. The number of rotatable bonds is 6. The van der Waals surface area contributed by atoms with Crippen LogP contribution >= 0.6 is 24.0 Å². The third-order valence-corrected chi connectivity index (χ3v) is 4.07. The standard InChI is InChI=1S/C16H22F3N3O.HI/c1-20-14(21-8-9-23-2)22-11-15(6-7-15)12-4-3-5-13(10-12)16(17,18)19;/h3-5,10H,6-9,11H2,1-2H3,(H2,20,21,22);1H. The Bertz CT molecular complexity index is 560. The van der Waals surface area contributed by atoms with Gasteiger partial charge in [-0.25, -0.2) is 0 Å². The summed E-state index contributed by atoms with van der Waals surface area (Å²) in [5.41, 5.74) is -0.101. The first-order valence-corrected chi connectivity index (χ1v) is 7.52. The van der Waals surface area contributed by atoms with Crippen LogP contribution in [0.1, 0.15) is 24.0 Å². The number of nitrogens with one attached hydrogen (secondary N) is 2. The van der Waals surface area contributed by atoms with Crippen molar-refractivity contribution in [1.29, 1.82) is 0 Å². The van der Waals surface area contributed by atoms with Gasteiger partial charge in [-0.1, -0.05) is 18.2 Å². The number of methoxy groups -OCH3 is 1. The van der Waals surface area contributed by atoms with Gasteiger partial charge in [-0.3, -0.25) is 4.99 Å². The zero-order valence-corrected chi connectivity index (χ0v) is 16.1. The molecule has 4 nitrogen and oxygen atoms in total. The predicted octanol–water partition coefficient (Wildman–Crippen LogP) is 3.17. The van der Waals surface area contributed by atoms with Crippen LogP contribution in [0.4, 0.5) is 13.2 Å². The zero-order valence-electron chi connectivity index (χ0n) is 13.7. The van der Waals surface area contributed by atoms with Crippen LogP contribution in [0.15, 0.2) is 29.3 Å². The van der Waals surface area contributed by atoms with E-state index in [0.717, 1.165) is 24.5 Å². The molecule has 0 aliphatic heterocycles. The van der Waals surface area contributed by atoms with Crippen molar-refractivity contribution in [2.75, 3.05) is 33.9 Å². The van der Waals surface area contributed by atoms with Gasteiger partial charge in [0.1, 0.15) is 0 Å². The van der Waals surface area contributed by atoms with E-state index in [2.05, 4.69) is 15.6 Å². The Hall–Kier alpha value is -1.03. The zero-order chi connectivity index (χ0) is 16.9. The van der Waals surface area contributed by atoms with Gasteiger partial charge in [0.2, 0.25) is 0 Å². The highest BCUT2D eigenvalue weighted by Gasteiger charge is 2.45. The van der Waals surface area contributed by atoms with Crippen LogP contribution in [0, 0.1) is 0 Å². The lowest BCUT2D eigenvalue weighted by Crippen LogP contribution is -2.42. The molecule has 2 N–H and O–H groups in total. The molecule has 1 aromatic carbocycles. The number of aliphatic imine (C=N–C) groups is 1. The molecular formula is C16H23F3IN3O. The maximum Gasteiger partial charge on any atom is 0.416 e. The molecule has 0 saturated heterocycles. The molecule has 0 unspecified atom stereocenters. The number of benzene rings is 1. The summed E-state index contributed by atoms with van der Waals surface area (Å²) in [7, 11) is 3.27. The number of alkyl halides is 3. The molecule has 0 spiro atoms. The van der Waals surface area contributed by atoms with E-state index in [1.54, 1.807) is 20.2 Å². The lowest BCUT2D eigenvalue weighted by atomic mass is 9.94. The quantitative estimate of drug-likeness (QED) is 0.299. The van der Waals surface area contributed by atoms with Gasteiger partial charge in [0, 0.05) is 32.7 Å². The van der Waals surface area contributed by atoms with Crippen molar-refractivity contribution in [3.8, 4) is 0 Å². The Morgan fingerprint density at radius 2 is 2.00 bits per heavy atom. The van der Waals surface area contributed by atoms with Gasteiger partial charge in [0.25, 0.3) is 0 Å². The Balaban J connectivity index is 0.00000288. The number of nitrogens with zero attached hydrogens (tertiary/aromatic N) is 1. The van der Waals surface area contributed by atoms with Gasteiger partial charge in [-0.2, -0.15) is 13.2 Å². The van der Waals surface area contributed by atoms with E-state index >= 15 is 0 Å². The number of hydrogen-bond donors (Lipinski definition) is 2. The largest absolute Gasteiger partial charge is 0.416 e. The summed E-state index contributed by atoms with van der Waals surface area (Å²) in [6, 6.07) is 5.61. The molecular weight excluding hydrogens is 434 g/mol. The fraction of sp³-hybridized carbons (Fsp3) is 0.562. The highest BCUT2D eigenvalue weighted by atomic mass is 127. The molecule has 1 fully saturated rings. The van der Waals surface area contributed by atoms with Crippen molar-refractivity contribution in [3.05, 3.63) is 35.4 Å². The molecule has 136 valence electrons. The highest BCUT2D eigenvalue weighted by molar-refractivity contribution is 14.0. The molecule has 0 amide bonds. The number of halogens is 4. The molecule has 0 atom stereocenters. The molecule has 0 radical (unpaired) electrons. The molecule has 1 saturated carbocycles. The van der Waals surface area contributed by atoms with Gasteiger partial charge >= 0.3 is 6.18 Å². The van der Waals surface area contributed by atoms with Crippen molar-refractivity contribution in [3.63, 3.8) is 0 Å². The molecule has 0 aromatic heterocycles. The Morgan fingerprint density at radius 1 is 1.29 bits per heavy atom. The minimum atomic E-state index is -4.31. The third-order valence-electron chi connectivity index (χ3n) is 4.07. The van der Waals surface area contributed by atoms with E-state index in [1.165, 1.54) is 12.1 Å². The second kappa shape index (κ2) is 8.89. The van der Waals surface area contributed by atoms with Crippen LogP contribution in [0.2, 0.25) is 0 Å². The fourth-order valence-corrected chi connectivity index (χ4v) is 2.49. The van der Waals surface area contributed by atoms with Gasteiger partial charge in [0.05, 0.1) is 12.2 Å². The average Bonchev–Trinajstić information content (AvgIpc) is 3.31. The predicted molar refractivity (Wildman–Crippen MR) is 99.0 cm³/mol. The van der Waals surface area contributed by atoms with Gasteiger partial charge in [-0.05, 0) is 24.5 Å². The van der Waals surface area contributed by atoms with Crippen molar-refractivity contribution in [2.45, 2.75) is 24.4 Å². The number of guanidine groups is 1. The van der Waals surface area contributed by atoms with Gasteiger partial charge in [0.15, 0.2) is 5.96 Å². The number of ether oxygens (including phenoxy) is 1. The highest BCUT2D eigenvalue weighted by Crippen LogP contribution is 2.48. The molecule has 0 bridgehead atoms. The molecule has 0 heterocycles. The smallest absolute Gasteiger partial charge is 0.383 e. The Labute approximate surface area is 157 Å². The molecule has 1 aliphatic carbocycles. The van der Waals surface area contributed by atoms with E-state index in [1.807, 2.05) is 0 Å². The second-order valence-corrected chi connectivity index (χ2v) is 5.70. The van der Waals surface area contributed by atoms with E-state index in [9.17, 15) is 13.2 Å². The molecule has 8 heteroatoms. The first kappa shape index (κ1) is 21.0. The van der Waals surface area contributed by atoms with Gasteiger partial charge < -0.3 is 15.4 Å². The summed E-state index contributed by atoms with van der Waals surface area (Å²) in [6.07, 6.45) is -2.57. The fourth-order valence-electron chi connectivity index (χ4n) is 2.49. The van der Waals surface area contributed by atoms with Crippen LogP contribution in [0.5, 0.6) is 0 Å².